The minimum Gasteiger partial charge on any atom is -0.347 e. The first-order chi connectivity index (χ1) is 7.94. The first-order valence-corrected chi connectivity index (χ1v) is 7.20. The third-order valence-corrected chi connectivity index (χ3v) is 4.56. The predicted octanol–water partition coefficient (Wildman–Crippen LogP) is 2.25. The lowest BCUT2D eigenvalue weighted by atomic mass is 10.2. The molecule has 1 aromatic carbocycles. The SMILES string of the molecule is CCS(=O)(=O)Cc1cc2c(F)cccc2n1C. The molecule has 3 nitrogen and oxygen atoms in total. The van der Waals surface area contributed by atoms with Gasteiger partial charge in [0.25, 0.3) is 0 Å². The van der Waals surface area contributed by atoms with Crippen LogP contribution in [0.5, 0.6) is 0 Å². The van der Waals surface area contributed by atoms with Crippen molar-refractivity contribution in [3.8, 4) is 0 Å². The normalized spacial score (nSPS) is 12.2. The first-order valence-electron chi connectivity index (χ1n) is 5.38. The third-order valence-electron chi connectivity index (χ3n) is 2.94. The fraction of sp³-hybridized carbons (Fsp3) is 0.333. The fourth-order valence-corrected chi connectivity index (χ4v) is 2.78. The molecule has 0 aliphatic rings. The molecule has 0 radical (unpaired) electrons. The zero-order valence-electron chi connectivity index (χ0n) is 9.77. The van der Waals surface area contributed by atoms with Crippen LogP contribution >= 0.6 is 0 Å². The van der Waals surface area contributed by atoms with E-state index in [9.17, 15) is 12.8 Å². The number of nitrogens with zero attached hydrogens (tertiary/aromatic N) is 1. The number of benzene rings is 1. The summed E-state index contributed by atoms with van der Waals surface area (Å²) in [5.41, 5.74) is 1.33. The van der Waals surface area contributed by atoms with E-state index >= 15 is 0 Å². The van der Waals surface area contributed by atoms with Crippen LogP contribution in [0, 0.1) is 5.82 Å². The summed E-state index contributed by atoms with van der Waals surface area (Å²) in [7, 11) is -1.35. The van der Waals surface area contributed by atoms with Crippen molar-refractivity contribution in [2.24, 2.45) is 7.05 Å². The van der Waals surface area contributed by atoms with E-state index in [1.807, 2.05) is 0 Å². The largest absolute Gasteiger partial charge is 0.347 e. The van der Waals surface area contributed by atoms with Gasteiger partial charge in [0.15, 0.2) is 9.84 Å². The molecule has 92 valence electrons. The average molecular weight is 255 g/mol. The van der Waals surface area contributed by atoms with Gasteiger partial charge in [0.2, 0.25) is 0 Å². The van der Waals surface area contributed by atoms with Crippen molar-refractivity contribution in [3.05, 3.63) is 35.8 Å². The molecule has 0 amide bonds. The average Bonchev–Trinajstić information content (AvgIpc) is 2.58. The van der Waals surface area contributed by atoms with Crippen molar-refractivity contribution < 1.29 is 12.8 Å². The molecular formula is C12H14FNO2S. The molecule has 0 unspecified atom stereocenters. The minimum absolute atomic E-state index is 0.0475. The van der Waals surface area contributed by atoms with Crippen LogP contribution in [0.2, 0.25) is 0 Å². The molecule has 5 heteroatoms. The standard InChI is InChI=1S/C12H14FNO2S/c1-3-17(15,16)8-9-7-10-11(13)5-4-6-12(10)14(9)2/h4-7H,3,8H2,1-2H3. The summed E-state index contributed by atoms with van der Waals surface area (Å²) in [4.78, 5) is 0. The van der Waals surface area contributed by atoms with Gasteiger partial charge in [-0.1, -0.05) is 13.0 Å². The molecule has 2 aromatic rings. The van der Waals surface area contributed by atoms with Gasteiger partial charge in [-0.15, -0.1) is 0 Å². The van der Waals surface area contributed by atoms with Crippen LogP contribution in [0.4, 0.5) is 4.39 Å². The molecule has 2 rings (SSSR count). The summed E-state index contributed by atoms with van der Waals surface area (Å²) in [6.45, 7) is 1.61. The van der Waals surface area contributed by atoms with E-state index in [1.54, 1.807) is 36.7 Å². The second-order valence-electron chi connectivity index (χ2n) is 4.04. The topological polar surface area (TPSA) is 39.1 Å². The maximum Gasteiger partial charge on any atom is 0.155 e. The van der Waals surface area contributed by atoms with E-state index in [0.717, 1.165) is 0 Å². The molecule has 0 spiro atoms. The van der Waals surface area contributed by atoms with E-state index in [-0.39, 0.29) is 17.3 Å². The molecule has 1 heterocycles. The highest BCUT2D eigenvalue weighted by atomic mass is 32.2. The molecule has 0 fully saturated rings. The first kappa shape index (κ1) is 12.1. The molecule has 0 atom stereocenters. The van der Waals surface area contributed by atoms with Crippen LogP contribution in [-0.2, 0) is 22.6 Å². The van der Waals surface area contributed by atoms with Crippen LogP contribution in [0.1, 0.15) is 12.6 Å². The third kappa shape index (κ3) is 2.20. The lowest BCUT2D eigenvalue weighted by Gasteiger charge is -2.04. The van der Waals surface area contributed by atoms with Crippen molar-refractivity contribution in [1.29, 1.82) is 0 Å². The summed E-state index contributed by atoms with van der Waals surface area (Å²) in [5, 5.41) is 0.469. The molecule has 0 N–H and O–H groups in total. The van der Waals surface area contributed by atoms with Gasteiger partial charge >= 0.3 is 0 Å². The molecule has 17 heavy (non-hydrogen) atoms. The van der Waals surface area contributed by atoms with E-state index in [0.29, 0.717) is 16.6 Å². The number of sulfone groups is 1. The summed E-state index contributed by atoms with van der Waals surface area (Å²) in [6.07, 6.45) is 0. The van der Waals surface area contributed by atoms with Crippen molar-refractivity contribution in [2.75, 3.05) is 5.75 Å². The number of hydrogen-bond acceptors (Lipinski definition) is 2. The van der Waals surface area contributed by atoms with Gasteiger partial charge in [-0.05, 0) is 18.2 Å². The zero-order valence-corrected chi connectivity index (χ0v) is 10.6. The number of halogens is 1. The second-order valence-corrected chi connectivity index (χ2v) is 6.40. The van der Waals surface area contributed by atoms with Gasteiger partial charge < -0.3 is 4.57 Å². The predicted molar refractivity (Wildman–Crippen MR) is 66.0 cm³/mol. The molecule has 0 saturated heterocycles. The van der Waals surface area contributed by atoms with Crippen LogP contribution in [0.15, 0.2) is 24.3 Å². The van der Waals surface area contributed by atoms with Crippen molar-refractivity contribution in [3.63, 3.8) is 0 Å². The maximum atomic E-state index is 13.5. The quantitative estimate of drug-likeness (QED) is 0.843. The molecule has 1 aromatic heterocycles. The van der Waals surface area contributed by atoms with Crippen LogP contribution in [-0.4, -0.2) is 18.7 Å². The Morgan fingerprint density at radius 3 is 2.65 bits per heavy atom. The van der Waals surface area contributed by atoms with Gasteiger partial charge in [0, 0.05) is 23.9 Å². The van der Waals surface area contributed by atoms with E-state index < -0.39 is 9.84 Å². The number of hydrogen-bond donors (Lipinski definition) is 0. The summed E-state index contributed by atoms with van der Waals surface area (Å²) >= 11 is 0. The highest BCUT2D eigenvalue weighted by Crippen LogP contribution is 2.22. The molecule has 0 bridgehead atoms. The number of rotatable bonds is 3. The Kier molecular flexibility index (Phi) is 2.95. The molecule has 0 aliphatic carbocycles. The van der Waals surface area contributed by atoms with Crippen LogP contribution in [0.3, 0.4) is 0 Å². The lowest BCUT2D eigenvalue weighted by Crippen LogP contribution is -2.09. The Bertz CT molecular complexity index is 658. The van der Waals surface area contributed by atoms with Gasteiger partial charge in [0.1, 0.15) is 5.82 Å². The number of aromatic nitrogens is 1. The van der Waals surface area contributed by atoms with Crippen LogP contribution in [0.25, 0.3) is 10.9 Å². The lowest BCUT2D eigenvalue weighted by molar-refractivity contribution is 0.595. The van der Waals surface area contributed by atoms with Crippen molar-refractivity contribution in [1.82, 2.24) is 4.57 Å². The highest BCUT2D eigenvalue weighted by Gasteiger charge is 2.15. The van der Waals surface area contributed by atoms with Gasteiger partial charge in [-0.3, -0.25) is 0 Å². The molecular weight excluding hydrogens is 241 g/mol. The molecule has 0 saturated carbocycles. The van der Waals surface area contributed by atoms with E-state index in [4.69, 9.17) is 0 Å². The Morgan fingerprint density at radius 1 is 1.35 bits per heavy atom. The maximum absolute atomic E-state index is 13.5. The van der Waals surface area contributed by atoms with Gasteiger partial charge in [0.05, 0.1) is 11.3 Å². The minimum atomic E-state index is -3.10. The molecule has 0 aliphatic heterocycles. The van der Waals surface area contributed by atoms with Gasteiger partial charge in [-0.25, -0.2) is 12.8 Å². The van der Waals surface area contributed by atoms with Crippen molar-refractivity contribution in [2.45, 2.75) is 12.7 Å². The Hall–Kier alpha value is -1.36. The number of fused-ring (bicyclic) bond motifs is 1. The fourth-order valence-electron chi connectivity index (χ4n) is 1.85. The summed E-state index contributed by atoms with van der Waals surface area (Å²) in [6, 6.07) is 6.38. The smallest absolute Gasteiger partial charge is 0.155 e. The zero-order chi connectivity index (χ0) is 12.6. The summed E-state index contributed by atoms with van der Waals surface area (Å²) in [5.74, 6) is -0.274. The van der Waals surface area contributed by atoms with Crippen molar-refractivity contribution >= 4 is 20.7 Å². The Labute approximate surface area is 99.8 Å². The summed E-state index contributed by atoms with van der Waals surface area (Å²) < 4.78 is 38.4. The number of aryl methyl sites for hydroxylation is 1. The monoisotopic (exact) mass is 255 g/mol. The Balaban J connectivity index is 2.57. The Morgan fingerprint density at radius 2 is 2.06 bits per heavy atom. The second kappa shape index (κ2) is 4.14. The van der Waals surface area contributed by atoms with Gasteiger partial charge in [-0.2, -0.15) is 0 Å². The van der Waals surface area contributed by atoms with E-state index in [1.165, 1.54) is 6.07 Å². The van der Waals surface area contributed by atoms with E-state index in [2.05, 4.69) is 0 Å². The van der Waals surface area contributed by atoms with Crippen LogP contribution < -0.4 is 0 Å². The highest BCUT2D eigenvalue weighted by molar-refractivity contribution is 7.90.